The van der Waals surface area contributed by atoms with Crippen LogP contribution in [0.4, 0.5) is 0 Å². The second kappa shape index (κ2) is 6.68. The van der Waals surface area contributed by atoms with E-state index in [9.17, 15) is 8.42 Å². The van der Waals surface area contributed by atoms with Crippen molar-refractivity contribution in [2.24, 2.45) is 5.92 Å². The number of nitrogens with one attached hydrogen (secondary N) is 1. The maximum absolute atomic E-state index is 12.7. The molecule has 1 saturated heterocycles. The fraction of sp³-hybridized carbons (Fsp3) is 0.800. The van der Waals surface area contributed by atoms with Gasteiger partial charge in [-0.25, -0.2) is 0 Å². The molecule has 0 aromatic carbocycles. The first kappa shape index (κ1) is 16.0. The van der Waals surface area contributed by atoms with Crippen molar-refractivity contribution < 1.29 is 8.42 Å². The molecule has 1 N–H and O–H groups in total. The van der Waals surface area contributed by atoms with Crippen molar-refractivity contribution in [3.8, 4) is 0 Å². The van der Waals surface area contributed by atoms with Gasteiger partial charge in [0.1, 0.15) is 0 Å². The maximum Gasteiger partial charge on any atom is 0.281 e. The largest absolute Gasteiger partial charge is 0.283 e. The van der Waals surface area contributed by atoms with Crippen molar-refractivity contribution in [1.82, 2.24) is 18.8 Å². The van der Waals surface area contributed by atoms with E-state index < -0.39 is 10.2 Å². The van der Waals surface area contributed by atoms with E-state index in [1.807, 2.05) is 6.07 Å². The molecule has 0 unspecified atom stereocenters. The van der Waals surface area contributed by atoms with Crippen molar-refractivity contribution >= 4 is 10.2 Å². The molecular formula is C15H26N4O2S. The van der Waals surface area contributed by atoms with E-state index in [1.165, 1.54) is 0 Å². The topological polar surface area (TPSA) is 69.3 Å². The summed E-state index contributed by atoms with van der Waals surface area (Å²) in [7, 11) is -1.53. The first-order valence-corrected chi connectivity index (χ1v) is 9.68. The molecule has 2 aliphatic rings. The van der Waals surface area contributed by atoms with Gasteiger partial charge in [-0.2, -0.15) is 22.1 Å². The Balaban J connectivity index is 1.55. The van der Waals surface area contributed by atoms with Crippen LogP contribution in [0.3, 0.4) is 0 Å². The van der Waals surface area contributed by atoms with Gasteiger partial charge in [-0.15, -0.1) is 0 Å². The Morgan fingerprint density at radius 2 is 1.95 bits per heavy atom. The van der Waals surface area contributed by atoms with Gasteiger partial charge in [-0.1, -0.05) is 12.8 Å². The third-order valence-corrected chi connectivity index (χ3v) is 7.21. The van der Waals surface area contributed by atoms with E-state index >= 15 is 0 Å². The fourth-order valence-corrected chi connectivity index (χ4v) is 5.32. The van der Waals surface area contributed by atoms with Gasteiger partial charge >= 0.3 is 0 Å². The molecule has 7 heteroatoms. The average Bonchev–Trinajstić information content (AvgIpc) is 3.20. The summed E-state index contributed by atoms with van der Waals surface area (Å²) in [4.78, 5) is 0. The molecular weight excluding hydrogens is 300 g/mol. The van der Waals surface area contributed by atoms with Gasteiger partial charge in [0.2, 0.25) is 0 Å². The third-order valence-electron chi connectivity index (χ3n) is 5.17. The van der Waals surface area contributed by atoms with Crippen LogP contribution in [0.1, 0.15) is 44.2 Å². The first-order valence-electron chi connectivity index (χ1n) is 8.28. The SMILES string of the molecule is CN(C1CCCC1)S(=O)(=O)N1CCC(Cc2ccn[nH]2)CC1. The Bertz CT molecular complexity index is 558. The fourth-order valence-electron chi connectivity index (χ4n) is 3.69. The summed E-state index contributed by atoms with van der Waals surface area (Å²) >= 11 is 0. The van der Waals surface area contributed by atoms with E-state index in [-0.39, 0.29) is 6.04 Å². The molecule has 3 rings (SSSR count). The Labute approximate surface area is 133 Å². The maximum atomic E-state index is 12.7. The number of H-pyrrole nitrogens is 1. The van der Waals surface area contributed by atoms with Crippen LogP contribution in [0.15, 0.2) is 12.3 Å². The van der Waals surface area contributed by atoms with Crippen LogP contribution >= 0.6 is 0 Å². The highest BCUT2D eigenvalue weighted by Crippen LogP contribution is 2.28. The van der Waals surface area contributed by atoms with Crippen LogP contribution in [0, 0.1) is 5.92 Å². The summed E-state index contributed by atoms with van der Waals surface area (Å²) in [5.41, 5.74) is 1.14. The van der Waals surface area contributed by atoms with Gasteiger partial charge in [0, 0.05) is 38.1 Å². The van der Waals surface area contributed by atoms with Crippen LogP contribution in [0.25, 0.3) is 0 Å². The molecule has 0 spiro atoms. The highest BCUT2D eigenvalue weighted by atomic mass is 32.2. The van der Waals surface area contributed by atoms with Gasteiger partial charge in [0.25, 0.3) is 10.2 Å². The van der Waals surface area contributed by atoms with Gasteiger partial charge in [0.15, 0.2) is 0 Å². The van der Waals surface area contributed by atoms with Crippen molar-refractivity contribution in [2.45, 2.75) is 51.0 Å². The zero-order valence-corrected chi connectivity index (χ0v) is 14.1. The number of rotatable bonds is 5. The van der Waals surface area contributed by atoms with E-state index in [0.717, 1.165) is 50.6 Å². The number of hydrogen-bond donors (Lipinski definition) is 1. The summed E-state index contributed by atoms with van der Waals surface area (Å²) < 4.78 is 28.8. The van der Waals surface area contributed by atoms with E-state index in [1.54, 1.807) is 21.9 Å². The molecule has 22 heavy (non-hydrogen) atoms. The van der Waals surface area contributed by atoms with E-state index in [0.29, 0.717) is 19.0 Å². The quantitative estimate of drug-likeness (QED) is 0.897. The molecule has 2 heterocycles. The second-order valence-corrected chi connectivity index (χ2v) is 8.58. The lowest BCUT2D eigenvalue weighted by atomic mass is 9.93. The molecule has 0 bridgehead atoms. The average molecular weight is 326 g/mol. The summed E-state index contributed by atoms with van der Waals surface area (Å²) in [6.45, 7) is 1.27. The minimum absolute atomic E-state index is 0.202. The molecule has 2 fully saturated rings. The first-order chi connectivity index (χ1) is 10.6. The molecule has 0 amide bonds. The van der Waals surface area contributed by atoms with E-state index in [2.05, 4.69) is 10.2 Å². The smallest absolute Gasteiger partial charge is 0.281 e. The van der Waals surface area contributed by atoms with Gasteiger partial charge in [-0.05, 0) is 44.1 Å². The van der Waals surface area contributed by atoms with Crippen molar-refractivity contribution in [1.29, 1.82) is 0 Å². The van der Waals surface area contributed by atoms with Gasteiger partial charge in [-0.3, -0.25) is 5.10 Å². The molecule has 1 aliphatic heterocycles. The summed E-state index contributed by atoms with van der Waals surface area (Å²) in [5, 5.41) is 6.96. The molecule has 0 atom stereocenters. The lowest BCUT2D eigenvalue weighted by Gasteiger charge is -2.35. The number of piperidine rings is 1. The van der Waals surface area contributed by atoms with Crippen LogP contribution in [0.5, 0.6) is 0 Å². The highest BCUT2D eigenvalue weighted by Gasteiger charge is 2.35. The standard InChI is InChI=1S/C15H26N4O2S/c1-18(15-4-2-3-5-15)22(20,21)19-10-7-13(8-11-19)12-14-6-9-16-17-14/h6,9,13,15H,2-5,7-8,10-12H2,1H3,(H,16,17). The van der Waals surface area contributed by atoms with Crippen molar-refractivity contribution in [3.05, 3.63) is 18.0 Å². The third kappa shape index (κ3) is 3.36. The number of nitrogens with zero attached hydrogens (tertiary/aromatic N) is 3. The van der Waals surface area contributed by atoms with E-state index in [4.69, 9.17) is 0 Å². The van der Waals surface area contributed by atoms with Gasteiger partial charge < -0.3 is 0 Å². The number of hydrogen-bond acceptors (Lipinski definition) is 3. The Hall–Kier alpha value is -0.920. The molecule has 1 aromatic rings. The minimum Gasteiger partial charge on any atom is -0.283 e. The lowest BCUT2D eigenvalue weighted by molar-refractivity contribution is 0.247. The zero-order chi connectivity index (χ0) is 15.6. The number of aromatic amines is 1. The minimum atomic E-state index is -3.28. The number of aromatic nitrogens is 2. The summed E-state index contributed by atoms with van der Waals surface area (Å²) in [6, 6.07) is 2.20. The molecule has 6 nitrogen and oxygen atoms in total. The van der Waals surface area contributed by atoms with Crippen LogP contribution in [0.2, 0.25) is 0 Å². The van der Waals surface area contributed by atoms with Crippen LogP contribution in [-0.2, 0) is 16.6 Å². The molecule has 0 radical (unpaired) electrons. The normalized spacial score (nSPS) is 22.6. The summed E-state index contributed by atoms with van der Waals surface area (Å²) in [5.74, 6) is 0.545. The monoisotopic (exact) mass is 326 g/mol. The Kier molecular flexibility index (Phi) is 4.84. The zero-order valence-electron chi connectivity index (χ0n) is 13.2. The predicted octanol–water partition coefficient (Wildman–Crippen LogP) is 1.78. The second-order valence-electron chi connectivity index (χ2n) is 6.59. The van der Waals surface area contributed by atoms with Crippen molar-refractivity contribution in [3.63, 3.8) is 0 Å². The Morgan fingerprint density at radius 1 is 1.27 bits per heavy atom. The molecule has 1 aromatic heterocycles. The van der Waals surface area contributed by atoms with Crippen LogP contribution < -0.4 is 0 Å². The highest BCUT2D eigenvalue weighted by molar-refractivity contribution is 7.86. The van der Waals surface area contributed by atoms with Gasteiger partial charge in [0.05, 0.1) is 0 Å². The summed E-state index contributed by atoms with van der Waals surface area (Å²) in [6.07, 6.45) is 8.90. The molecule has 1 saturated carbocycles. The molecule has 1 aliphatic carbocycles. The van der Waals surface area contributed by atoms with Crippen molar-refractivity contribution in [2.75, 3.05) is 20.1 Å². The lowest BCUT2D eigenvalue weighted by Crippen LogP contribution is -2.48. The Morgan fingerprint density at radius 3 is 2.55 bits per heavy atom. The molecule has 124 valence electrons. The van der Waals surface area contributed by atoms with Crippen LogP contribution in [-0.4, -0.2) is 53.4 Å². The predicted molar refractivity (Wildman–Crippen MR) is 85.5 cm³/mol.